The Morgan fingerprint density at radius 2 is 2.41 bits per heavy atom. The molecule has 88 valence electrons. The van der Waals surface area contributed by atoms with Gasteiger partial charge in [0.15, 0.2) is 5.82 Å². The average Bonchev–Trinajstić information content (AvgIpc) is 2.75. The molecule has 0 aliphatic rings. The molecule has 6 nitrogen and oxygen atoms in total. The van der Waals surface area contributed by atoms with Crippen LogP contribution in [0.4, 0.5) is 0 Å². The Kier molecular flexibility index (Phi) is 3.71. The minimum Gasteiger partial charge on any atom is -0.481 e. The molecular weight excluding hydrogens is 242 g/mol. The molecule has 2 rings (SSSR count). The van der Waals surface area contributed by atoms with Crippen LogP contribution in [0.5, 0.6) is 0 Å². The van der Waals surface area contributed by atoms with Crippen molar-refractivity contribution in [1.29, 1.82) is 0 Å². The largest absolute Gasteiger partial charge is 0.481 e. The van der Waals surface area contributed by atoms with E-state index in [2.05, 4.69) is 15.1 Å². The SMILES string of the molecule is O=C(O)CSc1nc(Cc2cccnc2)no1. The number of carboxylic acids is 1. The summed E-state index contributed by atoms with van der Waals surface area (Å²) in [6, 6.07) is 3.74. The monoisotopic (exact) mass is 251 g/mol. The van der Waals surface area contributed by atoms with Gasteiger partial charge in [0.2, 0.25) is 0 Å². The lowest BCUT2D eigenvalue weighted by atomic mass is 10.2. The molecule has 0 atom stereocenters. The van der Waals surface area contributed by atoms with Gasteiger partial charge in [-0.05, 0) is 11.6 Å². The van der Waals surface area contributed by atoms with Gasteiger partial charge in [0.25, 0.3) is 5.22 Å². The molecule has 0 aromatic carbocycles. The second-order valence-corrected chi connectivity index (χ2v) is 4.12. The molecule has 0 spiro atoms. The summed E-state index contributed by atoms with van der Waals surface area (Å²) in [5.74, 6) is -0.484. The first-order chi connectivity index (χ1) is 8.24. The van der Waals surface area contributed by atoms with Gasteiger partial charge in [-0.15, -0.1) is 0 Å². The fraction of sp³-hybridized carbons (Fsp3) is 0.200. The Balaban J connectivity index is 1.97. The highest BCUT2D eigenvalue weighted by Gasteiger charge is 2.09. The van der Waals surface area contributed by atoms with Crippen molar-refractivity contribution < 1.29 is 14.4 Å². The number of aliphatic carboxylic acids is 1. The number of carbonyl (C=O) groups is 1. The molecule has 1 N–H and O–H groups in total. The van der Waals surface area contributed by atoms with Crippen molar-refractivity contribution in [3.8, 4) is 0 Å². The van der Waals surface area contributed by atoms with E-state index in [0.29, 0.717) is 12.2 Å². The number of pyridine rings is 1. The van der Waals surface area contributed by atoms with E-state index in [-0.39, 0.29) is 11.0 Å². The molecule has 2 heterocycles. The highest BCUT2D eigenvalue weighted by Crippen LogP contribution is 2.15. The van der Waals surface area contributed by atoms with Crippen molar-refractivity contribution in [2.24, 2.45) is 0 Å². The van der Waals surface area contributed by atoms with Gasteiger partial charge < -0.3 is 9.63 Å². The standard InChI is InChI=1S/C10H9N3O3S/c14-9(15)6-17-10-12-8(13-16-10)4-7-2-1-3-11-5-7/h1-3,5H,4,6H2,(H,14,15). The topological polar surface area (TPSA) is 89.1 Å². The second-order valence-electron chi connectivity index (χ2n) is 3.20. The Morgan fingerprint density at radius 1 is 1.53 bits per heavy atom. The van der Waals surface area contributed by atoms with E-state index >= 15 is 0 Å². The molecule has 2 aromatic heterocycles. The summed E-state index contributed by atoms with van der Waals surface area (Å²) < 4.78 is 4.91. The van der Waals surface area contributed by atoms with Gasteiger partial charge in [-0.1, -0.05) is 23.0 Å². The first kappa shape index (κ1) is 11.6. The number of thioether (sulfide) groups is 1. The molecule has 0 bridgehead atoms. The number of aromatic nitrogens is 3. The summed E-state index contributed by atoms with van der Waals surface area (Å²) in [6.45, 7) is 0. The minimum absolute atomic E-state index is 0.0888. The van der Waals surface area contributed by atoms with Gasteiger partial charge >= 0.3 is 5.97 Å². The lowest BCUT2D eigenvalue weighted by molar-refractivity contribution is -0.133. The third-order valence-corrected chi connectivity index (χ3v) is 2.66. The Bertz CT molecular complexity index is 501. The van der Waals surface area contributed by atoms with Gasteiger partial charge in [-0.25, -0.2) is 0 Å². The lowest BCUT2D eigenvalue weighted by Gasteiger charge is -1.93. The number of hydrogen-bond donors (Lipinski definition) is 1. The molecule has 0 fully saturated rings. The number of carboxylic acid groups (broad SMARTS) is 1. The van der Waals surface area contributed by atoms with Gasteiger partial charge in [-0.2, -0.15) is 4.98 Å². The molecule has 0 unspecified atom stereocenters. The minimum atomic E-state index is -0.915. The van der Waals surface area contributed by atoms with E-state index < -0.39 is 5.97 Å². The van der Waals surface area contributed by atoms with Crippen LogP contribution in [-0.2, 0) is 11.2 Å². The molecule has 0 radical (unpaired) electrons. The van der Waals surface area contributed by atoms with Crippen LogP contribution in [0.1, 0.15) is 11.4 Å². The summed E-state index contributed by atoms with van der Waals surface area (Å²) in [5, 5.41) is 12.5. The van der Waals surface area contributed by atoms with Gasteiger partial charge in [-0.3, -0.25) is 9.78 Å². The summed E-state index contributed by atoms with van der Waals surface area (Å²) in [4.78, 5) is 18.4. The van der Waals surface area contributed by atoms with Crippen molar-refractivity contribution in [1.82, 2.24) is 15.1 Å². The zero-order valence-electron chi connectivity index (χ0n) is 8.74. The smallest absolute Gasteiger partial charge is 0.314 e. The highest BCUT2D eigenvalue weighted by molar-refractivity contribution is 7.99. The zero-order chi connectivity index (χ0) is 12.1. The molecule has 0 saturated heterocycles. The van der Waals surface area contributed by atoms with E-state index in [1.54, 1.807) is 12.4 Å². The third kappa shape index (κ3) is 3.56. The molecule has 7 heteroatoms. The molecule has 0 saturated carbocycles. The first-order valence-corrected chi connectivity index (χ1v) is 5.78. The third-order valence-electron chi connectivity index (χ3n) is 1.85. The van der Waals surface area contributed by atoms with Crippen LogP contribution in [0.3, 0.4) is 0 Å². The lowest BCUT2D eigenvalue weighted by Crippen LogP contribution is -1.97. The van der Waals surface area contributed by atoms with Crippen molar-refractivity contribution in [2.45, 2.75) is 11.6 Å². The van der Waals surface area contributed by atoms with Gasteiger partial charge in [0.05, 0.1) is 0 Å². The molecule has 0 aliphatic carbocycles. The molecular formula is C10H9N3O3S. The van der Waals surface area contributed by atoms with Crippen LogP contribution in [0.25, 0.3) is 0 Å². The average molecular weight is 251 g/mol. The molecule has 2 aromatic rings. The Morgan fingerprint density at radius 3 is 3.12 bits per heavy atom. The van der Waals surface area contributed by atoms with E-state index in [1.165, 1.54) is 0 Å². The van der Waals surface area contributed by atoms with Crippen LogP contribution in [0.2, 0.25) is 0 Å². The van der Waals surface area contributed by atoms with Crippen LogP contribution < -0.4 is 0 Å². The number of rotatable bonds is 5. The maximum atomic E-state index is 10.4. The zero-order valence-corrected chi connectivity index (χ0v) is 9.55. The van der Waals surface area contributed by atoms with E-state index in [4.69, 9.17) is 9.63 Å². The predicted molar refractivity (Wildman–Crippen MR) is 59.7 cm³/mol. The fourth-order valence-electron chi connectivity index (χ4n) is 1.18. The summed E-state index contributed by atoms with van der Waals surface area (Å²) in [5.41, 5.74) is 0.975. The fourth-order valence-corrected chi connectivity index (χ4v) is 1.68. The van der Waals surface area contributed by atoms with E-state index in [9.17, 15) is 4.79 Å². The summed E-state index contributed by atoms with van der Waals surface area (Å²) in [6.07, 6.45) is 3.93. The van der Waals surface area contributed by atoms with Gasteiger partial charge in [0.1, 0.15) is 5.75 Å². The van der Waals surface area contributed by atoms with Crippen LogP contribution in [0, 0.1) is 0 Å². The van der Waals surface area contributed by atoms with Crippen LogP contribution in [0.15, 0.2) is 34.3 Å². The van der Waals surface area contributed by atoms with Crippen molar-refractivity contribution in [2.75, 3.05) is 5.75 Å². The number of hydrogen-bond acceptors (Lipinski definition) is 6. The normalized spacial score (nSPS) is 10.4. The highest BCUT2D eigenvalue weighted by atomic mass is 32.2. The van der Waals surface area contributed by atoms with Crippen molar-refractivity contribution in [3.05, 3.63) is 35.9 Å². The maximum Gasteiger partial charge on any atom is 0.314 e. The van der Waals surface area contributed by atoms with Crippen LogP contribution >= 0.6 is 11.8 Å². The van der Waals surface area contributed by atoms with Crippen molar-refractivity contribution >= 4 is 17.7 Å². The molecule has 0 aliphatic heterocycles. The van der Waals surface area contributed by atoms with Crippen molar-refractivity contribution in [3.63, 3.8) is 0 Å². The number of nitrogens with zero attached hydrogens (tertiary/aromatic N) is 3. The second kappa shape index (κ2) is 5.44. The molecule has 17 heavy (non-hydrogen) atoms. The van der Waals surface area contributed by atoms with Crippen LogP contribution in [-0.4, -0.2) is 32.0 Å². The van der Waals surface area contributed by atoms with E-state index in [0.717, 1.165) is 17.3 Å². The molecule has 0 amide bonds. The quantitative estimate of drug-likeness (QED) is 0.799. The first-order valence-electron chi connectivity index (χ1n) is 4.80. The Hall–Kier alpha value is -1.89. The summed E-state index contributed by atoms with van der Waals surface area (Å²) >= 11 is 1.00. The van der Waals surface area contributed by atoms with Gasteiger partial charge in [0, 0.05) is 18.8 Å². The Labute approximate surface area is 101 Å². The maximum absolute atomic E-state index is 10.4. The van der Waals surface area contributed by atoms with E-state index in [1.807, 2.05) is 12.1 Å². The predicted octanol–water partition coefficient (Wildman–Crippen LogP) is 1.23. The summed E-state index contributed by atoms with van der Waals surface area (Å²) in [7, 11) is 0.